The predicted octanol–water partition coefficient (Wildman–Crippen LogP) is 1.75. The number of hydrogen-bond acceptors (Lipinski definition) is 5. The standard InChI is InChI=1S/C11H16O4S/c1-14-9(12)3-6-16-8-11(4-5-11)7-10(13)15-2/h3,6H,4-5,7-8H2,1-2H3/b6-3+. The number of rotatable bonds is 6. The molecular weight excluding hydrogens is 228 g/mol. The minimum absolute atomic E-state index is 0.0955. The van der Waals surface area contributed by atoms with Crippen LogP contribution in [0.5, 0.6) is 0 Å². The first-order valence-corrected chi connectivity index (χ1v) is 6.10. The third kappa shape index (κ3) is 4.26. The van der Waals surface area contributed by atoms with Gasteiger partial charge in [0.1, 0.15) is 0 Å². The Balaban J connectivity index is 2.24. The van der Waals surface area contributed by atoms with Crippen LogP contribution in [-0.4, -0.2) is 31.9 Å². The molecule has 0 spiro atoms. The van der Waals surface area contributed by atoms with Gasteiger partial charge in [-0.25, -0.2) is 4.79 Å². The summed E-state index contributed by atoms with van der Waals surface area (Å²) in [5.41, 5.74) is 0.0955. The van der Waals surface area contributed by atoms with E-state index in [2.05, 4.69) is 9.47 Å². The van der Waals surface area contributed by atoms with Crippen LogP contribution in [0.4, 0.5) is 0 Å². The van der Waals surface area contributed by atoms with Crippen molar-refractivity contribution in [2.75, 3.05) is 20.0 Å². The first-order valence-electron chi connectivity index (χ1n) is 5.05. The molecule has 4 nitrogen and oxygen atoms in total. The Labute approximate surface area is 99.4 Å². The lowest BCUT2D eigenvalue weighted by Crippen LogP contribution is -2.12. The fourth-order valence-electron chi connectivity index (χ4n) is 1.32. The highest BCUT2D eigenvalue weighted by atomic mass is 32.2. The van der Waals surface area contributed by atoms with Crippen molar-refractivity contribution in [1.29, 1.82) is 0 Å². The SMILES string of the molecule is COC(=O)/C=C/SCC1(CC(=O)OC)CC1. The Kier molecular flexibility index (Phi) is 4.86. The molecule has 0 saturated heterocycles. The summed E-state index contributed by atoms with van der Waals surface area (Å²) in [6, 6.07) is 0. The lowest BCUT2D eigenvalue weighted by atomic mass is 10.1. The lowest BCUT2D eigenvalue weighted by molar-refractivity contribution is -0.141. The zero-order chi connectivity index (χ0) is 12.0. The van der Waals surface area contributed by atoms with Crippen molar-refractivity contribution >= 4 is 23.7 Å². The molecule has 1 aliphatic rings. The molecule has 90 valence electrons. The van der Waals surface area contributed by atoms with Gasteiger partial charge < -0.3 is 9.47 Å². The lowest BCUT2D eigenvalue weighted by Gasteiger charge is -2.10. The van der Waals surface area contributed by atoms with Crippen LogP contribution in [-0.2, 0) is 19.1 Å². The van der Waals surface area contributed by atoms with Gasteiger partial charge in [0, 0.05) is 11.8 Å². The van der Waals surface area contributed by atoms with E-state index in [4.69, 9.17) is 0 Å². The molecule has 0 heterocycles. The molecule has 1 fully saturated rings. The van der Waals surface area contributed by atoms with Gasteiger partial charge in [0.25, 0.3) is 0 Å². The van der Waals surface area contributed by atoms with Crippen molar-refractivity contribution in [3.05, 3.63) is 11.5 Å². The number of carbonyl (C=O) groups is 2. The maximum atomic E-state index is 11.1. The van der Waals surface area contributed by atoms with Gasteiger partial charge >= 0.3 is 11.9 Å². The van der Waals surface area contributed by atoms with Gasteiger partial charge in [-0.05, 0) is 23.7 Å². The zero-order valence-electron chi connectivity index (χ0n) is 9.52. The summed E-state index contributed by atoms with van der Waals surface area (Å²) >= 11 is 1.53. The second kappa shape index (κ2) is 5.94. The molecular formula is C11H16O4S. The molecule has 0 unspecified atom stereocenters. The first-order chi connectivity index (χ1) is 7.62. The van der Waals surface area contributed by atoms with Crippen LogP contribution in [0.1, 0.15) is 19.3 Å². The van der Waals surface area contributed by atoms with Crippen LogP contribution < -0.4 is 0 Å². The minimum atomic E-state index is -0.356. The summed E-state index contributed by atoms with van der Waals surface area (Å²) in [4.78, 5) is 21.9. The number of methoxy groups -OCH3 is 2. The minimum Gasteiger partial charge on any atom is -0.469 e. The molecule has 0 aromatic rings. The average molecular weight is 244 g/mol. The molecule has 0 amide bonds. The molecule has 1 saturated carbocycles. The highest BCUT2D eigenvalue weighted by Gasteiger charge is 2.44. The van der Waals surface area contributed by atoms with Gasteiger partial charge in [0.05, 0.1) is 20.6 Å². The zero-order valence-corrected chi connectivity index (χ0v) is 10.3. The van der Waals surface area contributed by atoms with E-state index in [9.17, 15) is 9.59 Å². The molecule has 0 atom stereocenters. The Bertz CT molecular complexity index is 294. The smallest absolute Gasteiger partial charge is 0.330 e. The van der Waals surface area contributed by atoms with E-state index in [-0.39, 0.29) is 17.4 Å². The number of ether oxygens (including phenoxy) is 2. The maximum absolute atomic E-state index is 11.1. The Morgan fingerprint density at radius 1 is 1.31 bits per heavy atom. The molecule has 0 aromatic heterocycles. The van der Waals surface area contributed by atoms with Gasteiger partial charge in [0.15, 0.2) is 0 Å². The van der Waals surface area contributed by atoms with Crippen molar-refractivity contribution in [3.63, 3.8) is 0 Å². The van der Waals surface area contributed by atoms with Crippen molar-refractivity contribution in [3.8, 4) is 0 Å². The van der Waals surface area contributed by atoms with Gasteiger partial charge in [-0.3, -0.25) is 4.79 Å². The molecule has 1 rings (SSSR count). The number of thioether (sulfide) groups is 1. The highest BCUT2D eigenvalue weighted by Crippen LogP contribution is 2.51. The summed E-state index contributed by atoms with van der Waals surface area (Å²) in [6.07, 6.45) is 3.98. The quantitative estimate of drug-likeness (QED) is 0.526. The van der Waals surface area contributed by atoms with Crippen LogP contribution in [0.25, 0.3) is 0 Å². The van der Waals surface area contributed by atoms with E-state index in [0.29, 0.717) is 6.42 Å². The van der Waals surface area contributed by atoms with Gasteiger partial charge in [-0.2, -0.15) is 0 Å². The van der Waals surface area contributed by atoms with Crippen LogP contribution in [0.2, 0.25) is 0 Å². The third-order valence-corrected chi connectivity index (χ3v) is 3.70. The third-order valence-electron chi connectivity index (χ3n) is 2.60. The average Bonchev–Trinajstić information content (AvgIpc) is 3.04. The Morgan fingerprint density at radius 2 is 2.00 bits per heavy atom. The summed E-state index contributed by atoms with van der Waals surface area (Å²) in [5.74, 6) is 0.329. The summed E-state index contributed by atoms with van der Waals surface area (Å²) in [7, 11) is 2.75. The topological polar surface area (TPSA) is 52.6 Å². The van der Waals surface area contributed by atoms with Crippen LogP contribution >= 0.6 is 11.8 Å². The number of esters is 2. The molecule has 0 bridgehead atoms. The van der Waals surface area contributed by atoms with Gasteiger partial charge in [-0.1, -0.05) is 0 Å². The van der Waals surface area contributed by atoms with E-state index >= 15 is 0 Å². The number of hydrogen-bond donors (Lipinski definition) is 0. The second-order valence-corrected chi connectivity index (χ2v) is 4.78. The van der Waals surface area contributed by atoms with E-state index in [0.717, 1.165) is 18.6 Å². The van der Waals surface area contributed by atoms with Crippen molar-refractivity contribution in [2.45, 2.75) is 19.3 Å². The summed E-state index contributed by atoms with van der Waals surface area (Å²) < 4.78 is 9.11. The molecule has 1 aliphatic carbocycles. The largest absolute Gasteiger partial charge is 0.469 e. The molecule has 0 aromatic carbocycles. The molecule has 0 N–H and O–H groups in total. The fourth-order valence-corrected chi connectivity index (χ4v) is 2.37. The van der Waals surface area contributed by atoms with Crippen molar-refractivity contribution in [1.82, 2.24) is 0 Å². The van der Waals surface area contributed by atoms with E-state index in [1.165, 1.54) is 32.1 Å². The highest BCUT2D eigenvalue weighted by molar-refractivity contribution is 8.02. The Hall–Kier alpha value is -0.970. The molecule has 16 heavy (non-hydrogen) atoms. The van der Waals surface area contributed by atoms with Gasteiger partial charge in [0.2, 0.25) is 0 Å². The molecule has 0 aliphatic heterocycles. The van der Waals surface area contributed by atoms with Crippen LogP contribution in [0.15, 0.2) is 11.5 Å². The fraction of sp³-hybridized carbons (Fsp3) is 0.636. The van der Waals surface area contributed by atoms with E-state index in [1.807, 2.05) is 0 Å². The molecule has 5 heteroatoms. The van der Waals surface area contributed by atoms with E-state index in [1.54, 1.807) is 5.41 Å². The monoisotopic (exact) mass is 244 g/mol. The summed E-state index contributed by atoms with van der Waals surface area (Å²) in [5, 5.41) is 1.71. The van der Waals surface area contributed by atoms with Crippen molar-refractivity contribution < 1.29 is 19.1 Å². The van der Waals surface area contributed by atoms with Crippen LogP contribution in [0, 0.1) is 5.41 Å². The normalized spacial score (nSPS) is 17.1. The summed E-state index contributed by atoms with van der Waals surface area (Å²) in [6.45, 7) is 0. The number of carbonyl (C=O) groups excluding carboxylic acids is 2. The maximum Gasteiger partial charge on any atom is 0.330 e. The van der Waals surface area contributed by atoms with Crippen LogP contribution in [0.3, 0.4) is 0 Å². The van der Waals surface area contributed by atoms with E-state index < -0.39 is 0 Å². The predicted molar refractivity (Wildman–Crippen MR) is 61.9 cm³/mol. The van der Waals surface area contributed by atoms with Gasteiger partial charge in [-0.15, -0.1) is 11.8 Å². The second-order valence-electron chi connectivity index (χ2n) is 3.89. The Morgan fingerprint density at radius 3 is 2.50 bits per heavy atom. The first kappa shape index (κ1) is 13.1. The molecule has 0 radical (unpaired) electrons. The van der Waals surface area contributed by atoms with Crippen molar-refractivity contribution in [2.24, 2.45) is 5.41 Å².